The van der Waals surface area contributed by atoms with Crippen molar-refractivity contribution in [2.45, 2.75) is 13.0 Å². The molecule has 3 N–H and O–H groups in total. The van der Waals surface area contributed by atoms with Crippen LogP contribution >= 0.6 is 0 Å². The zero-order valence-electron chi connectivity index (χ0n) is 6.78. The van der Waals surface area contributed by atoms with Crippen molar-refractivity contribution in [2.24, 2.45) is 5.84 Å². The Morgan fingerprint density at radius 2 is 2.33 bits per heavy atom. The highest BCUT2D eigenvalue weighted by molar-refractivity contribution is 5.15. The van der Waals surface area contributed by atoms with Gasteiger partial charge in [-0.3, -0.25) is 15.8 Å². The summed E-state index contributed by atoms with van der Waals surface area (Å²) >= 11 is 0. The van der Waals surface area contributed by atoms with Crippen LogP contribution in [-0.2, 0) is 0 Å². The van der Waals surface area contributed by atoms with Crippen LogP contribution in [0.2, 0.25) is 0 Å². The molecule has 0 saturated carbocycles. The van der Waals surface area contributed by atoms with E-state index in [0.29, 0.717) is 5.69 Å². The van der Waals surface area contributed by atoms with Gasteiger partial charge < -0.3 is 0 Å². The van der Waals surface area contributed by atoms with E-state index in [1.54, 1.807) is 12.4 Å². The summed E-state index contributed by atoms with van der Waals surface area (Å²) in [4.78, 5) is 8.12. The number of aryl methyl sites for hydroxylation is 1. The number of nitrogens with two attached hydrogens (primary N) is 1. The molecule has 0 aliphatic rings. The van der Waals surface area contributed by atoms with Gasteiger partial charge in [0.2, 0.25) is 0 Å². The molecule has 1 aromatic rings. The normalized spacial score (nSPS) is 12.1. The minimum Gasteiger partial charge on any atom is -0.270 e. The van der Waals surface area contributed by atoms with Crippen LogP contribution in [-0.4, -0.2) is 9.97 Å². The molecule has 0 aliphatic heterocycles. The van der Waals surface area contributed by atoms with E-state index in [-0.39, 0.29) is 6.04 Å². The molecule has 4 nitrogen and oxygen atoms in total. The summed E-state index contributed by atoms with van der Waals surface area (Å²) in [6.07, 6.45) is 8.45. The molecule has 1 aromatic heterocycles. The van der Waals surface area contributed by atoms with E-state index in [2.05, 4.69) is 21.3 Å². The highest BCUT2D eigenvalue weighted by atomic mass is 15.2. The summed E-state index contributed by atoms with van der Waals surface area (Å²) in [7, 11) is 0. The first kappa shape index (κ1) is 8.65. The SMILES string of the molecule is C#CC(NN)c1cnc(C)cn1. The number of nitrogens with one attached hydrogen (secondary N) is 1. The predicted molar refractivity (Wildman–Crippen MR) is 45.7 cm³/mol. The van der Waals surface area contributed by atoms with Crippen LogP contribution in [0.15, 0.2) is 12.4 Å². The molecule has 1 unspecified atom stereocenters. The smallest absolute Gasteiger partial charge is 0.125 e. The van der Waals surface area contributed by atoms with Gasteiger partial charge in [0.1, 0.15) is 6.04 Å². The van der Waals surface area contributed by atoms with Crippen LogP contribution in [0, 0.1) is 19.3 Å². The van der Waals surface area contributed by atoms with Gasteiger partial charge in [0.05, 0.1) is 17.6 Å². The van der Waals surface area contributed by atoms with Crippen LogP contribution in [0.1, 0.15) is 17.4 Å². The molecule has 0 aromatic carbocycles. The van der Waals surface area contributed by atoms with Gasteiger partial charge in [0.15, 0.2) is 0 Å². The second kappa shape index (κ2) is 3.81. The molecule has 0 fully saturated rings. The average molecular weight is 162 g/mol. The van der Waals surface area contributed by atoms with Gasteiger partial charge in [0.25, 0.3) is 0 Å². The van der Waals surface area contributed by atoms with Crippen molar-refractivity contribution in [3.05, 3.63) is 23.8 Å². The Bertz CT molecular complexity index is 285. The van der Waals surface area contributed by atoms with E-state index < -0.39 is 0 Å². The molecule has 1 atom stereocenters. The predicted octanol–water partition coefficient (Wildman–Crippen LogP) is -0.0774. The Balaban J connectivity index is 2.89. The van der Waals surface area contributed by atoms with Crippen LogP contribution in [0.4, 0.5) is 0 Å². The lowest BCUT2D eigenvalue weighted by Gasteiger charge is -2.06. The minimum absolute atomic E-state index is 0.363. The van der Waals surface area contributed by atoms with Crippen LogP contribution in [0.3, 0.4) is 0 Å². The van der Waals surface area contributed by atoms with E-state index in [0.717, 1.165) is 5.69 Å². The molecule has 62 valence electrons. The van der Waals surface area contributed by atoms with Crippen molar-refractivity contribution in [3.63, 3.8) is 0 Å². The fourth-order valence-corrected chi connectivity index (χ4v) is 0.771. The summed E-state index contributed by atoms with van der Waals surface area (Å²) in [5.41, 5.74) is 3.96. The summed E-state index contributed by atoms with van der Waals surface area (Å²) in [5, 5.41) is 0. The molecule has 0 aliphatic carbocycles. The van der Waals surface area contributed by atoms with E-state index in [1.807, 2.05) is 6.92 Å². The lowest BCUT2D eigenvalue weighted by Crippen LogP contribution is -2.27. The molecular formula is C8H10N4. The van der Waals surface area contributed by atoms with Gasteiger partial charge in [-0.2, -0.15) is 0 Å². The van der Waals surface area contributed by atoms with Gasteiger partial charge in [-0.1, -0.05) is 5.92 Å². The first-order chi connectivity index (χ1) is 5.77. The van der Waals surface area contributed by atoms with E-state index in [1.165, 1.54) is 0 Å². The van der Waals surface area contributed by atoms with Crippen molar-refractivity contribution >= 4 is 0 Å². The summed E-state index contributed by atoms with van der Waals surface area (Å²) in [6.45, 7) is 1.86. The van der Waals surface area contributed by atoms with E-state index >= 15 is 0 Å². The molecule has 0 saturated heterocycles. The third-order valence-corrected chi connectivity index (χ3v) is 1.43. The molecule has 1 rings (SSSR count). The van der Waals surface area contributed by atoms with Crippen LogP contribution < -0.4 is 11.3 Å². The quantitative estimate of drug-likeness (QED) is 0.363. The lowest BCUT2D eigenvalue weighted by molar-refractivity contribution is 0.652. The van der Waals surface area contributed by atoms with Crippen molar-refractivity contribution < 1.29 is 0 Å². The van der Waals surface area contributed by atoms with Crippen molar-refractivity contribution in [2.75, 3.05) is 0 Å². The number of hydrogen-bond acceptors (Lipinski definition) is 4. The molecule has 0 bridgehead atoms. The number of rotatable bonds is 2. The second-order valence-corrected chi connectivity index (χ2v) is 2.35. The summed E-state index contributed by atoms with van der Waals surface area (Å²) in [5.74, 6) is 7.64. The van der Waals surface area contributed by atoms with Crippen molar-refractivity contribution in [1.82, 2.24) is 15.4 Å². The van der Waals surface area contributed by atoms with Gasteiger partial charge in [0, 0.05) is 6.20 Å². The number of terminal acetylenes is 1. The molecule has 12 heavy (non-hydrogen) atoms. The highest BCUT2D eigenvalue weighted by Gasteiger charge is 2.06. The molecule has 0 amide bonds. The second-order valence-electron chi connectivity index (χ2n) is 2.35. The number of aromatic nitrogens is 2. The molecule has 4 heteroatoms. The number of hydrogen-bond donors (Lipinski definition) is 2. The van der Waals surface area contributed by atoms with Crippen LogP contribution in [0.25, 0.3) is 0 Å². The fraction of sp³-hybridized carbons (Fsp3) is 0.250. The van der Waals surface area contributed by atoms with Gasteiger partial charge in [-0.25, -0.2) is 5.43 Å². The number of nitrogens with zero attached hydrogens (tertiary/aromatic N) is 2. The lowest BCUT2D eigenvalue weighted by atomic mass is 10.2. The Morgan fingerprint density at radius 1 is 1.58 bits per heavy atom. The van der Waals surface area contributed by atoms with Crippen molar-refractivity contribution in [1.29, 1.82) is 0 Å². The fourth-order valence-electron chi connectivity index (χ4n) is 0.771. The maximum absolute atomic E-state index is 5.19. The van der Waals surface area contributed by atoms with Gasteiger partial charge in [-0.05, 0) is 6.92 Å². The Hall–Kier alpha value is -1.44. The monoisotopic (exact) mass is 162 g/mol. The van der Waals surface area contributed by atoms with E-state index in [9.17, 15) is 0 Å². The largest absolute Gasteiger partial charge is 0.270 e. The first-order valence-corrected chi connectivity index (χ1v) is 3.48. The van der Waals surface area contributed by atoms with Crippen molar-refractivity contribution in [3.8, 4) is 12.3 Å². The van der Waals surface area contributed by atoms with Crippen LogP contribution in [0.5, 0.6) is 0 Å². The Kier molecular flexibility index (Phi) is 2.75. The topological polar surface area (TPSA) is 63.8 Å². The summed E-state index contributed by atoms with van der Waals surface area (Å²) in [6, 6.07) is -0.363. The Morgan fingerprint density at radius 3 is 2.75 bits per heavy atom. The molecular weight excluding hydrogens is 152 g/mol. The molecule has 0 spiro atoms. The van der Waals surface area contributed by atoms with Gasteiger partial charge in [-0.15, -0.1) is 6.42 Å². The first-order valence-electron chi connectivity index (χ1n) is 3.48. The zero-order chi connectivity index (χ0) is 8.97. The number of hydrazine groups is 1. The molecule has 0 radical (unpaired) electrons. The van der Waals surface area contributed by atoms with Gasteiger partial charge >= 0.3 is 0 Å². The standard InChI is InChI=1S/C8H10N4/c1-3-7(12-9)8-5-10-6(2)4-11-8/h1,4-5,7,12H,9H2,2H3. The summed E-state index contributed by atoms with van der Waals surface area (Å²) < 4.78 is 0. The third-order valence-electron chi connectivity index (χ3n) is 1.43. The maximum Gasteiger partial charge on any atom is 0.125 e. The zero-order valence-corrected chi connectivity index (χ0v) is 6.78. The Labute approximate surface area is 71.2 Å². The average Bonchev–Trinajstić information content (AvgIpc) is 2.10. The maximum atomic E-state index is 5.19. The highest BCUT2D eigenvalue weighted by Crippen LogP contribution is 2.05. The minimum atomic E-state index is -0.363. The molecule has 1 heterocycles. The van der Waals surface area contributed by atoms with E-state index in [4.69, 9.17) is 12.3 Å². The third kappa shape index (κ3) is 1.78.